The fourth-order valence-corrected chi connectivity index (χ4v) is 2.33. The molecule has 0 saturated heterocycles. The maximum atomic E-state index is 4.39. The molecule has 2 aromatic carbocycles. The minimum absolute atomic E-state index is 0. The molecule has 0 aliphatic heterocycles. The Morgan fingerprint density at radius 2 is 1.59 bits per heavy atom. The zero-order valence-corrected chi connectivity index (χ0v) is 13.5. The SMILES string of the molecule is CN(C)c1ccc(/C=C\c2ccnc3ccccc23)cc1.Cl. The Kier molecular flexibility index (Phi) is 5.18. The number of nitrogens with zero attached hydrogens (tertiary/aromatic N) is 2. The summed E-state index contributed by atoms with van der Waals surface area (Å²) in [6, 6.07) is 18.8. The van der Waals surface area contributed by atoms with Crippen molar-refractivity contribution in [3.8, 4) is 0 Å². The fourth-order valence-electron chi connectivity index (χ4n) is 2.33. The molecule has 3 heteroatoms. The van der Waals surface area contributed by atoms with Gasteiger partial charge in [-0.25, -0.2) is 0 Å². The Bertz CT molecular complexity index is 772. The van der Waals surface area contributed by atoms with Gasteiger partial charge in [-0.2, -0.15) is 0 Å². The van der Waals surface area contributed by atoms with Gasteiger partial charge in [0.25, 0.3) is 0 Å². The molecule has 22 heavy (non-hydrogen) atoms. The first-order chi connectivity index (χ1) is 10.2. The minimum atomic E-state index is 0. The van der Waals surface area contributed by atoms with Crippen molar-refractivity contribution in [1.82, 2.24) is 4.98 Å². The number of para-hydroxylation sites is 1. The van der Waals surface area contributed by atoms with Gasteiger partial charge < -0.3 is 4.90 Å². The first kappa shape index (κ1) is 16.1. The van der Waals surface area contributed by atoms with Gasteiger partial charge in [-0.3, -0.25) is 4.98 Å². The number of fused-ring (bicyclic) bond motifs is 1. The monoisotopic (exact) mass is 310 g/mol. The summed E-state index contributed by atoms with van der Waals surface area (Å²) in [6.07, 6.45) is 6.15. The summed E-state index contributed by atoms with van der Waals surface area (Å²) in [5, 5.41) is 1.18. The van der Waals surface area contributed by atoms with Crippen LogP contribution in [-0.2, 0) is 0 Å². The normalized spacial score (nSPS) is 10.6. The maximum Gasteiger partial charge on any atom is 0.0707 e. The Morgan fingerprint density at radius 3 is 2.32 bits per heavy atom. The molecule has 1 aromatic heterocycles. The van der Waals surface area contributed by atoms with Gasteiger partial charge in [-0.1, -0.05) is 42.5 Å². The average Bonchev–Trinajstić information content (AvgIpc) is 2.53. The summed E-state index contributed by atoms with van der Waals surface area (Å²) in [5.41, 5.74) is 4.63. The van der Waals surface area contributed by atoms with Crippen molar-refractivity contribution in [3.63, 3.8) is 0 Å². The molecule has 0 amide bonds. The van der Waals surface area contributed by atoms with Crippen LogP contribution in [0, 0.1) is 0 Å². The van der Waals surface area contributed by atoms with Crippen molar-refractivity contribution in [2.75, 3.05) is 19.0 Å². The van der Waals surface area contributed by atoms with Gasteiger partial charge in [0.05, 0.1) is 5.52 Å². The lowest BCUT2D eigenvalue weighted by molar-refractivity contribution is 1.13. The van der Waals surface area contributed by atoms with E-state index >= 15 is 0 Å². The van der Waals surface area contributed by atoms with Crippen LogP contribution in [0.2, 0.25) is 0 Å². The smallest absolute Gasteiger partial charge is 0.0707 e. The van der Waals surface area contributed by atoms with Crippen molar-refractivity contribution in [2.24, 2.45) is 0 Å². The Balaban J connectivity index is 0.00000176. The summed E-state index contributed by atoms with van der Waals surface area (Å²) in [7, 11) is 4.10. The van der Waals surface area contributed by atoms with E-state index in [1.54, 1.807) is 0 Å². The molecule has 0 spiro atoms. The number of pyridine rings is 1. The zero-order chi connectivity index (χ0) is 14.7. The van der Waals surface area contributed by atoms with Gasteiger partial charge in [0.2, 0.25) is 0 Å². The number of anilines is 1. The van der Waals surface area contributed by atoms with E-state index in [2.05, 4.69) is 52.4 Å². The van der Waals surface area contributed by atoms with Crippen LogP contribution in [-0.4, -0.2) is 19.1 Å². The third-order valence-electron chi connectivity index (χ3n) is 3.55. The summed E-state index contributed by atoms with van der Waals surface area (Å²) in [5.74, 6) is 0. The summed E-state index contributed by atoms with van der Waals surface area (Å²) < 4.78 is 0. The molecule has 0 atom stereocenters. The van der Waals surface area contributed by atoms with Gasteiger partial charge in [0.15, 0.2) is 0 Å². The van der Waals surface area contributed by atoms with Crippen LogP contribution in [0.4, 0.5) is 5.69 Å². The molecule has 1 heterocycles. The highest BCUT2D eigenvalue weighted by atomic mass is 35.5. The van der Waals surface area contributed by atoms with E-state index in [9.17, 15) is 0 Å². The lowest BCUT2D eigenvalue weighted by Crippen LogP contribution is -2.07. The predicted molar refractivity (Wildman–Crippen MR) is 98.7 cm³/mol. The lowest BCUT2D eigenvalue weighted by Gasteiger charge is -2.11. The molecule has 3 rings (SSSR count). The highest BCUT2D eigenvalue weighted by Gasteiger charge is 1.98. The minimum Gasteiger partial charge on any atom is -0.378 e. The molecule has 2 nitrogen and oxygen atoms in total. The highest BCUT2D eigenvalue weighted by Crippen LogP contribution is 2.19. The molecule has 0 fully saturated rings. The molecule has 0 bridgehead atoms. The number of hydrogen-bond acceptors (Lipinski definition) is 2. The second-order valence-electron chi connectivity index (χ2n) is 5.24. The quantitative estimate of drug-likeness (QED) is 0.684. The molecule has 112 valence electrons. The topological polar surface area (TPSA) is 16.1 Å². The molecule has 0 N–H and O–H groups in total. The van der Waals surface area contributed by atoms with Crippen LogP contribution in [0.1, 0.15) is 11.1 Å². The van der Waals surface area contributed by atoms with Gasteiger partial charge in [0, 0.05) is 31.4 Å². The second kappa shape index (κ2) is 7.10. The Morgan fingerprint density at radius 1 is 0.864 bits per heavy atom. The van der Waals surface area contributed by atoms with Crippen molar-refractivity contribution < 1.29 is 0 Å². The molecular weight excluding hydrogens is 292 g/mol. The van der Waals surface area contributed by atoms with E-state index in [0.29, 0.717) is 0 Å². The van der Waals surface area contributed by atoms with Crippen LogP contribution in [0.15, 0.2) is 60.8 Å². The van der Waals surface area contributed by atoms with E-state index in [-0.39, 0.29) is 12.4 Å². The summed E-state index contributed by atoms with van der Waals surface area (Å²) in [4.78, 5) is 6.49. The third-order valence-corrected chi connectivity index (χ3v) is 3.55. The lowest BCUT2D eigenvalue weighted by atomic mass is 10.1. The van der Waals surface area contributed by atoms with Crippen LogP contribution in [0.3, 0.4) is 0 Å². The van der Waals surface area contributed by atoms with E-state index in [1.807, 2.05) is 44.6 Å². The molecule has 0 unspecified atom stereocenters. The molecule has 0 radical (unpaired) electrons. The van der Waals surface area contributed by atoms with Gasteiger partial charge in [-0.05, 0) is 35.4 Å². The van der Waals surface area contributed by atoms with Crippen LogP contribution in [0.25, 0.3) is 23.1 Å². The maximum absolute atomic E-state index is 4.39. The number of halogens is 1. The molecule has 0 aliphatic carbocycles. The van der Waals surface area contributed by atoms with Crippen molar-refractivity contribution in [2.45, 2.75) is 0 Å². The summed E-state index contributed by atoms with van der Waals surface area (Å²) in [6.45, 7) is 0. The molecule has 0 saturated carbocycles. The number of rotatable bonds is 3. The zero-order valence-electron chi connectivity index (χ0n) is 12.7. The first-order valence-electron chi connectivity index (χ1n) is 7.03. The standard InChI is InChI=1S/C19H18N2.ClH/c1-21(2)17-11-8-15(9-12-17)7-10-16-13-14-20-19-6-4-3-5-18(16)19;/h3-14H,1-2H3;1H/b10-7-;. The van der Waals surface area contributed by atoms with E-state index < -0.39 is 0 Å². The predicted octanol–water partition coefficient (Wildman–Crippen LogP) is 4.89. The number of aromatic nitrogens is 1. The van der Waals surface area contributed by atoms with Crippen molar-refractivity contribution >= 4 is 41.1 Å². The largest absolute Gasteiger partial charge is 0.378 e. The fraction of sp³-hybridized carbons (Fsp3) is 0.105. The van der Waals surface area contributed by atoms with E-state index in [4.69, 9.17) is 0 Å². The highest BCUT2D eigenvalue weighted by molar-refractivity contribution is 5.90. The molecular formula is C19H19ClN2. The Hall–Kier alpha value is -2.32. The Labute approximate surface area is 137 Å². The van der Waals surface area contributed by atoms with Gasteiger partial charge in [0.1, 0.15) is 0 Å². The van der Waals surface area contributed by atoms with Gasteiger partial charge >= 0.3 is 0 Å². The van der Waals surface area contributed by atoms with Crippen LogP contribution in [0.5, 0.6) is 0 Å². The molecule has 3 aromatic rings. The third kappa shape index (κ3) is 3.46. The number of benzene rings is 2. The van der Waals surface area contributed by atoms with Crippen molar-refractivity contribution in [1.29, 1.82) is 0 Å². The van der Waals surface area contributed by atoms with Crippen LogP contribution >= 0.6 is 12.4 Å². The van der Waals surface area contributed by atoms with Gasteiger partial charge in [-0.15, -0.1) is 12.4 Å². The van der Waals surface area contributed by atoms with Crippen LogP contribution < -0.4 is 4.90 Å². The van der Waals surface area contributed by atoms with Crippen molar-refractivity contribution in [3.05, 3.63) is 71.9 Å². The second-order valence-corrected chi connectivity index (χ2v) is 5.24. The van der Waals surface area contributed by atoms with E-state index in [1.165, 1.54) is 22.2 Å². The average molecular weight is 311 g/mol. The summed E-state index contributed by atoms with van der Waals surface area (Å²) >= 11 is 0. The first-order valence-corrected chi connectivity index (χ1v) is 7.03. The van der Waals surface area contributed by atoms with E-state index in [0.717, 1.165) is 5.52 Å². The number of hydrogen-bond donors (Lipinski definition) is 0. The molecule has 0 aliphatic rings.